The Morgan fingerprint density at radius 2 is 1.92 bits per heavy atom. The number of benzene rings is 1. The van der Waals surface area contributed by atoms with E-state index in [-0.39, 0.29) is 19.0 Å². The fourth-order valence-corrected chi connectivity index (χ4v) is 2.59. The minimum atomic E-state index is -0.112. The third-order valence-corrected chi connectivity index (χ3v) is 3.97. The van der Waals surface area contributed by atoms with E-state index in [0.717, 1.165) is 17.0 Å². The summed E-state index contributed by atoms with van der Waals surface area (Å²) in [6, 6.07) is 11.4. The van der Waals surface area contributed by atoms with Gasteiger partial charge in [0, 0.05) is 11.4 Å². The van der Waals surface area contributed by atoms with Crippen molar-refractivity contribution in [1.82, 2.24) is 20.0 Å². The minimum Gasteiger partial charge on any atom is -0.496 e. The van der Waals surface area contributed by atoms with Gasteiger partial charge in [-0.05, 0) is 38.1 Å². The summed E-state index contributed by atoms with van der Waals surface area (Å²) in [5.74, 6) is 1.32. The van der Waals surface area contributed by atoms with Gasteiger partial charge in [-0.3, -0.25) is 4.79 Å². The number of nitrogens with zero attached hydrogens (tertiary/aromatic N) is 3. The first-order valence-electron chi connectivity index (χ1n) is 7.94. The van der Waals surface area contributed by atoms with E-state index in [1.165, 1.54) is 0 Å². The third-order valence-electron chi connectivity index (χ3n) is 3.97. The van der Waals surface area contributed by atoms with Crippen LogP contribution in [0.15, 0.2) is 40.9 Å². The number of ether oxygens (including phenoxy) is 1. The lowest BCUT2D eigenvalue weighted by atomic mass is 10.2. The first-order valence-corrected chi connectivity index (χ1v) is 7.94. The van der Waals surface area contributed by atoms with E-state index in [2.05, 4.69) is 15.5 Å². The quantitative estimate of drug-likeness (QED) is 0.745. The first-order chi connectivity index (χ1) is 12.1. The van der Waals surface area contributed by atoms with E-state index in [1.54, 1.807) is 7.11 Å². The van der Waals surface area contributed by atoms with Gasteiger partial charge >= 0.3 is 0 Å². The van der Waals surface area contributed by atoms with Crippen LogP contribution in [-0.4, -0.2) is 27.7 Å². The highest BCUT2D eigenvalue weighted by atomic mass is 16.5. The number of carbonyl (C=O) groups is 1. The highest BCUT2D eigenvalue weighted by molar-refractivity contribution is 5.75. The highest BCUT2D eigenvalue weighted by Gasteiger charge is 2.14. The molecule has 0 saturated carbocycles. The molecule has 0 saturated heterocycles. The summed E-state index contributed by atoms with van der Waals surface area (Å²) >= 11 is 0. The van der Waals surface area contributed by atoms with Crippen molar-refractivity contribution < 1.29 is 14.1 Å². The molecule has 25 heavy (non-hydrogen) atoms. The molecule has 0 aliphatic carbocycles. The maximum Gasteiger partial charge on any atom is 0.246 e. The number of para-hydroxylation sites is 1. The molecule has 1 amide bonds. The van der Waals surface area contributed by atoms with Gasteiger partial charge in [0.1, 0.15) is 12.3 Å². The molecule has 0 aliphatic rings. The summed E-state index contributed by atoms with van der Waals surface area (Å²) in [7, 11) is 1.59. The van der Waals surface area contributed by atoms with Gasteiger partial charge in [0.05, 0.1) is 19.2 Å². The molecule has 0 radical (unpaired) electrons. The second-order valence-corrected chi connectivity index (χ2v) is 5.69. The molecule has 1 N–H and O–H groups in total. The Labute approximate surface area is 145 Å². The molecular formula is C18H20N4O3. The Bertz CT molecular complexity index is 863. The van der Waals surface area contributed by atoms with Gasteiger partial charge in [-0.1, -0.05) is 17.3 Å². The van der Waals surface area contributed by atoms with Crippen molar-refractivity contribution in [2.24, 2.45) is 0 Å². The smallest absolute Gasteiger partial charge is 0.246 e. The molecule has 3 aromatic rings. The Hall–Kier alpha value is -3.09. The number of nitrogens with one attached hydrogen (secondary N) is 1. The van der Waals surface area contributed by atoms with E-state index in [0.29, 0.717) is 17.5 Å². The van der Waals surface area contributed by atoms with Gasteiger partial charge in [-0.2, -0.15) is 4.98 Å². The molecule has 7 heteroatoms. The van der Waals surface area contributed by atoms with Crippen molar-refractivity contribution >= 4 is 5.91 Å². The van der Waals surface area contributed by atoms with Crippen molar-refractivity contribution in [3.8, 4) is 17.1 Å². The number of methoxy groups -OCH3 is 1. The van der Waals surface area contributed by atoms with Crippen molar-refractivity contribution in [1.29, 1.82) is 0 Å². The molecule has 0 aliphatic heterocycles. The Morgan fingerprint density at radius 1 is 1.20 bits per heavy atom. The third kappa shape index (κ3) is 3.71. The van der Waals surface area contributed by atoms with E-state index < -0.39 is 0 Å². The second-order valence-electron chi connectivity index (χ2n) is 5.69. The lowest BCUT2D eigenvalue weighted by Crippen LogP contribution is -2.27. The zero-order chi connectivity index (χ0) is 17.8. The molecule has 3 rings (SSSR count). The summed E-state index contributed by atoms with van der Waals surface area (Å²) in [6.07, 6.45) is 0. The van der Waals surface area contributed by atoms with Crippen LogP contribution in [0.4, 0.5) is 0 Å². The van der Waals surface area contributed by atoms with E-state index in [1.807, 2.05) is 54.8 Å². The summed E-state index contributed by atoms with van der Waals surface area (Å²) in [5, 5.41) is 6.75. The number of amides is 1. The maximum absolute atomic E-state index is 12.1. The van der Waals surface area contributed by atoms with Crippen LogP contribution >= 0.6 is 0 Å². The number of rotatable bonds is 6. The second kappa shape index (κ2) is 7.21. The number of hydrogen-bond donors (Lipinski definition) is 1. The SMILES string of the molecule is COc1ccccc1-c1noc(CNC(=O)Cn2c(C)ccc2C)n1. The van der Waals surface area contributed by atoms with E-state index in [9.17, 15) is 4.79 Å². The summed E-state index contributed by atoms with van der Waals surface area (Å²) in [6.45, 7) is 4.38. The molecular weight excluding hydrogens is 320 g/mol. The average Bonchev–Trinajstić information content (AvgIpc) is 3.22. The first kappa shape index (κ1) is 16.8. The van der Waals surface area contributed by atoms with E-state index >= 15 is 0 Å². The van der Waals surface area contributed by atoms with Gasteiger partial charge in [0.25, 0.3) is 0 Å². The van der Waals surface area contributed by atoms with Gasteiger partial charge in [-0.25, -0.2) is 0 Å². The predicted molar refractivity (Wildman–Crippen MR) is 92.0 cm³/mol. The number of carbonyl (C=O) groups excluding carboxylic acids is 1. The predicted octanol–water partition coefficient (Wildman–Crippen LogP) is 2.48. The van der Waals surface area contributed by atoms with Gasteiger partial charge in [-0.15, -0.1) is 0 Å². The monoisotopic (exact) mass is 340 g/mol. The van der Waals surface area contributed by atoms with Crippen molar-refractivity contribution in [3.63, 3.8) is 0 Å². The molecule has 2 heterocycles. The zero-order valence-electron chi connectivity index (χ0n) is 14.4. The number of aromatic nitrogens is 3. The fourth-order valence-electron chi connectivity index (χ4n) is 2.59. The molecule has 1 aromatic carbocycles. The van der Waals surface area contributed by atoms with Crippen molar-refractivity contribution in [2.75, 3.05) is 7.11 Å². The van der Waals surface area contributed by atoms with E-state index in [4.69, 9.17) is 9.26 Å². The van der Waals surface area contributed by atoms with Crippen molar-refractivity contribution in [3.05, 3.63) is 53.7 Å². The largest absolute Gasteiger partial charge is 0.496 e. The van der Waals surface area contributed by atoms with Gasteiger partial charge < -0.3 is 19.1 Å². The topological polar surface area (TPSA) is 82.2 Å². The Morgan fingerprint density at radius 3 is 2.64 bits per heavy atom. The lowest BCUT2D eigenvalue weighted by Gasteiger charge is -2.08. The van der Waals surface area contributed by atoms with Crippen LogP contribution in [-0.2, 0) is 17.9 Å². The van der Waals surface area contributed by atoms with Crippen LogP contribution < -0.4 is 10.1 Å². The number of hydrogen-bond acceptors (Lipinski definition) is 5. The summed E-state index contributed by atoms with van der Waals surface area (Å²) in [4.78, 5) is 16.4. The fraction of sp³-hybridized carbons (Fsp3) is 0.278. The van der Waals surface area contributed by atoms with Crippen LogP contribution in [0.25, 0.3) is 11.4 Å². The Kier molecular flexibility index (Phi) is 4.83. The van der Waals surface area contributed by atoms with Crippen LogP contribution in [0.3, 0.4) is 0 Å². The summed E-state index contributed by atoms with van der Waals surface area (Å²) in [5.41, 5.74) is 2.83. The number of aryl methyl sites for hydroxylation is 2. The molecule has 130 valence electrons. The highest BCUT2D eigenvalue weighted by Crippen LogP contribution is 2.26. The zero-order valence-corrected chi connectivity index (χ0v) is 14.4. The van der Waals surface area contributed by atoms with Crippen LogP contribution in [0.2, 0.25) is 0 Å². The molecule has 0 fully saturated rings. The van der Waals surface area contributed by atoms with Crippen LogP contribution in [0, 0.1) is 13.8 Å². The lowest BCUT2D eigenvalue weighted by molar-refractivity contribution is -0.122. The molecule has 0 unspecified atom stereocenters. The van der Waals surface area contributed by atoms with Gasteiger partial charge in [0.2, 0.25) is 17.6 Å². The molecule has 0 spiro atoms. The molecule has 7 nitrogen and oxygen atoms in total. The standard InChI is InChI=1S/C18H20N4O3/c1-12-8-9-13(2)22(12)11-16(23)19-10-17-20-18(21-25-17)14-6-4-5-7-15(14)24-3/h4-9H,10-11H2,1-3H3,(H,19,23). The Balaban J connectivity index is 1.63. The minimum absolute atomic E-state index is 0.112. The normalized spacial score (nSPS) is 10.7. The van der Waals surface area contributed by atoms with Gasteiger partial charge in [0.15, 0.2) is 0 Å². The molecule has 0 bridgehead atoms. The summed E-state index contributed by atoms with van der Waals surface area (Å²) < 4.78 is 12.5. The molecule has 2 aromatic heterocycles. The maximum atomic E-state index is 12.1. The average molecular weight is 340 g/mol. The van der Waals surface area contributed by atoms with Crippen molar-refractivity contribution in [2.45, 2.75) is 26.9 Å². The van der Waals surface area contributed by atoms with Crippen LogP contribution in [0.5, 0.6) is 5.75 Å². The van der Waals surface area contributed by atoms with Crippen LogP contribution in [0.1, 0.15) is 17.3 Å². The molecule has 0 atom stereocenters.